The molecule has 0 saturated heterocycles. The van der Waals surface area contributed by atoms with Crippen molar-refractivity contribution in [1.82, 2.24) is 0 Å². The van der Waals surface area contributed by atoms with Crippen LogP contribution in [0.25, 0.3) is 11.1 Å². The zero-order valence-electron chi connectivity index (χ0n) is 16.2. The number of benzene rings is 3. The van der Waals surface area contributed by atoms with Gasteiger partial charge in [0, 0.05) is 12.8 Å². The zero-order valence-corrected chi connectivity index (χ0v) is 16.2. The van der Waals surface area contributed by atoms with E-state index < -0.39 is 5.41 Å². The fraction of sp³-hybridized carbons (Fsp3) is 0.208. The standard InChI is InChI=1S/C24H22N2O3.H2/c1-15-5-7-19(13-20(15)16-3-2-4-18(25)11-16)26-23(27)24(9-10-24)17-6-8-21-22(12-17)29-14-28-21;/h2-8,11-13H,9-10,14,25H2,1H3,(H,26,27);1H. The van der Waals surface area contributed by atoms with Gasteiger partial charge in [-0.15, -0.1) is 0 Å². The Labute approximate surface area is 170 Å². The second-order valence-corrected chi connectivity index (χ2v) is 7.76. The summed E-state index contributed by atoms with van der Waals surface area (Å²) in [7, 11) is 0. The first-order valence-corrected chi connectivity index (χ1v) is 9.73. The summed E-state index contributed by atoms with van der Waals surface area (Å²) < 4.78 is 10.9. The summed E-state index contributed by atoms with van der Waals surface area (Å²) in [6, 6.07) is 19.5. The van der Waals surface area contributed by atoms with E-state index in [1.807, 2.05) is 60.7 Å². The van der Waals surface area contributed by atoms with E-state index >= 15 is 0 Å². The molecule has 3 aromatic carbocycles. The van der Waals surface area contributed by atoms with Gasteiger partial charge >= 0.3 is 0 Å². The van der Waals surface area contributed by atoms with Gasteiger partial charge in [0.25, 0.3) is 0 Å². The summed E-state index contributed by atoms with van der Waals surface area (Å²) in [5.74, 6) is 1.45. The highest BCUT2D eigenvalue weighted by atomic mass is 16.7. The third-order valence-corrected chi connectivity index (χ3v) is 5.80. The molecule has 0 atom stereocenters. The summed E-state index contributed by atoms with van der Waals surface area (Å²) in [5, 5.41) is 3.12. The van der Waals surface area contributed by atoms with Gasteiger partial charge in [-0.05, 0) is 78.4 Å². The van der Waals surface area contributed by atoms with E-state index in [-0.39, 0.29) is 14.1 Å². The monoisotopic (exact) mass is 388 g/mol. The van der Waals surface area contributed by atoms with Crippen LogP contribution in [0.2, 0.25) is 0 Å². The first kappa shape index (κ1) is 17.6. The summed E-state index contributed by atoms with van der Waals surface area (Å²) in [6.07, 6.45) is 1.65. The Morgan fingerprint density at radius 2 is 1.86 bits per heavy atom. The van der Waals surface area contributed by atoms with Crippen LogP contribution < -0.4 is 20.5 Å². The van der Waals surface area contributed by atoms with Crippen molar-refractivity contribution in [2.75, 3.05) is 17.8 Å². The average molecular weight is 388 g/mol. The SMILES string of the molecule is Cc1ccc(NC(=O)C2(c3ccc4c(c3)OCO4)CC2)cc1-c1cccc(N)c1.[HH]. The molecule has 0 unspecified atom stereocenters. The predicted molar refractivity (Wildman–Crippen MR) is 115 cm³/mol. The largest absolute Gasteiger partial charge is 0.454 e. The lowest BCUT2D eigenvalue weighted by molar-refractivity contribution is -0.118. The van der Waals surface area contributed by atoms with Gasteiger partial charge in [-0.3, -0.25) is 4.79 Å². The maximum absolute atomic E-state index is 13.2. The Hall–Kier alpha value is -3.47. The van der Waals surface area contributed by atoms with Gasteiger partial charge in [-0.2, -0.15) is 0 Å². The Morgan fingerprint density at radius 3 is 2.66 bits per heavy atom. The van der Waals surface area contributed by atoms with Gasteiger partial charge in [0.1, 0.15) is 0 Å². The van der Waals surface area contributed by atoms with Crippen molar-refractivity contribution in [1.29, 1.82) is 0 Å². The smallest absolute Gasteiger partial charge is 0.235 e. The molecule has 5 nitrogen and oxygen atoms in total. The molecule has 0 aromatic heterocycles. The number of nitrogens with one attached hydrogen (secondary N) is 1. The quantitative estimate of drug-likeness (QED) is 0.624. The first-order chi connectivity index (χ1) is 14.0. The fourth-order valence-corrected chi connectivity index (χ4v) is 3.93. The van der Waals surface area contributed by atoms with Crippen LogP contribution in [-0.4, -0.2) is 12.7 Å². The summed E-state index contributed by atoms with van der Waals surface area (Å²) in [4.78, 5) is 13.2. The van der Waals surface area contributed by atoms with Crippen molar-refractivity contribution < 1.29 is 15.7 Å². The molecule has 1 saturated carbocycles. The van der Waals surface area contributed by atoms with Crippen LogP contribution in [0.15, 0.2) is 60.7 Å². The number of aryl methyl sites for hydroxylation is 1. The van der Waals surface area contributed by atoms with Crippen LogP contribution in [0, 0.1) is 6.92 Å². The van der Waals surface area contributed by atoms with E-state index in [0.717, 1.165) is 52.2 Å². The minimum atomic E-state index is -0.497. The number of amides is 1. The second kappa shape index (κ2) is 6.55. The molecule has 2 aliphatic rings. The molecule has 0 bridgehead atoms. The summed E-state index contributed by atoms with van der Waals surface area (Å²) in [6.45, 7) is 2.28. The molecule has 148 valence electrons. The van der Waals surface area contributed by atoms with E-state index in [0.29, 0.717) is 5.75 Å². The molecule has 0 spiro atoms. The lowest BCUT2D eigenvalue weighted by Crippen LogP contribution is -2.27. The Bertz CT molecular complexity index is 1130. The zero-order chi connectivity index (χ0) is 20.0. The van der Waals surface area contributed by atoms with E-state index in [1.165, 1.54) is 0 Å². The first-order valence-electron chi connectivity index (χ1n) is 9.73. The number of fused-ring (bicyclic) bond motifs is 1. The van der Waals surface area contributed by atoms with Crippen molar-refractivity contribution in [3.05, 3.63) is 71.8 Å². The van der Waals surface area contributed by atoms with Crippen LogP contribution in [-0.2, 0) is 10.2 Å². The van der Waals surface area contributed by atoms with Crippen molar-refractivity contribution in [3.63, 3.8) is 0 Å². The maximum atomic E-state index is 13.2. The van der Waals surface area contributed by atoms with Crippen molar-refractivity contribution in [3.8, 4) is 22.6 Å². The highest BCUT2D eigenvalue weighted by Crippen LogP contribution is 2.51. The highest BCUT2D eigenvalue weighted by Gasteiger charge is 2.51. The van der Waals surface area contributed by atoms with Gasteiger partial charge in [0.15, 0.2) is 11.5 Å². The molecule has 1 fully saturated rings. The van der Waals surface area contributed by atoms with Crippen molar-refractivity contribution in [2.24, 2.45) is 0 Å². The minimum absolute atomic E-state index is 0. The normalized spacial score (nSPS) is 15.8. The number of nitrogen functional groups attached to an aromatic ring is 1. The number of carbonyl (C=O) groups excluding carboxylic acids is 1. The van der Waals surface area contributed by atoms with E-state index in [2.05, 4.69) is 12.2 Å². The van der Waals surface area contributed by atoms with E-state index in [9.17, 15) is 4.79 Å². The Kier molecular flexibility index (Phi) is 3.98. The number of rotatable bonds is 4. The molecule has 3 aromatic rings. The van der Waals surface area contributed by atoms with Gasteiger partial charge in [-0.25, -0.2) is 0 Å². The Morgan fingerprint density at radius 1 is 1.03 bits per heavy atom. The fourth-order valence-electron chi connectivity index (χ4n) is 3.93. The van der Waals surface area contributed by atoms with Crippen molar-refractivity contribution in [2.45, 2.75) is 25.2 Å². The minimum Gasteiger partial charge on any atom is -0.454 e. The van der Waals surface area contributed by atoms with Crippen LogP contribution in [0.3, 0.4) is 0 Å². The topological polar surface area (TPSA) is 73.6 Å². The lowest BCUT2D eigenvalue weighted by atomic mass is 9.94. The van der Waals surface area contributed by atoms with Crippen LogP contribution >= 0.6 is 0 Å². The molecule has 5 heteroatoms. The number of ether oxygens (including phenoxy) is 2. The molecule has 5 rings (SSSR count). The summed E-state index contributed by atoms with van der Waals surface area (Å²) in [5.41, 5.74) is 11.1. The number of hydrogen-bond acceptors (Lipinski definition) is 4. The molecule has 3 N–H and O–H groups in total. The molecular formula is C24H24N2O3. The number of hydrogen-bond donors (Lipinski definition) is 2. The van der Waals surface area contributed by atoms with E-state index in [1.54, 1.807) is 0 Å². The second-order valence-electron chi connectivity index (χ2n) is 7.76. The van der Waals surface area contributed by atoms with Gasteiger partial charge in [0.05, 0.1) is 5.41 Å². The van der Waals surface area contributed by atoms with Gasteiger partial charge < -0.3 is 20.5 Å². The average Bonchev–Trinajstić information content (AvgIpc) is 3.40. The van der Waals surface area contributed by atoms with Crippen LogP contribution in [0.4, 0.5) is 11.4 Å². The molecule has 1 aliphatic heterocycles. The Balaban J connectivity index is 0.00000218. The summed E-state index contributed by atoms with van der Waals surface area (Å²) >= 11 is 0. The number of anilines is 2. The maximum Gasteiger partial charge on any atom is 0.235 e. The molecule has 1 heterocycles. The predicted octanol–water partition coefficient (Wildman–Crippen LogP) is 4.89. The van der Waals surface area contributed by atoms with Crippen molar-refractivity contribution >= 4 is 17.3 Å². The van der Waals surface area contributed by atoms with Crippen LogP contribution in [0.5, 0.6) is 11.5 Å². The third kappa shape index (κ3) is 3.09. The molecule has 0 radical (unpaired) electrons. The number of nitrogens with two attached hydrogens (primary N) is 1. The molecule has 29 heavy (non-hydrogen) atoms. The van der Waals surface area contributed by atoms with Crippen LogP contribution in [0.1, 0.15) is 25.4 Å². The molecular weight excluding hydrogens is 364 g/mol. The lowest BCUT2D eigenvalue weighted by Gasteiger charge is -2.17. The van der Waals surface area contributed by atoms with Gasteiger partial charge in [0.2, 0.25) is 12.7 Å². The highest BCUT2D eigenvalue weighted by molar-refractivity contribution is 6.02. The van der Waals surface area contributed by atoms with Gasteiger partial charge in [-0.1, -0.05) is 24.3 Å². The number of carbonyl (C=O) groups is 1. The third-order valence-electron chi connectivity index (χ3n) is 5.80. The molecule has 1 amide bonds. The molecule has 1 aliphatic carbocycles. The van der Waals surface area contributed by atoms with E-state index in [4.69, 9.17) is 15.2 Å².